The van der Waals surface area contributed by atoms with Crippen LogP contribution in [0.2, 0.25) is 0 Å². The first-order chi connectivity index (χ1) is 9.11. The molecule has 0 aliphatic carbocycles. The van der Waals surface area contributed by atoms with E-state index in [2.05, 4.69) is 16.8 Å². The van der Waals surface area contributed by atoms with Gasteiger partial charge in [-0.05, 0) is 30.9 Å². The summed E-state index contributed by atoms with van der Waals surface area (Å²) in [4.78, 5) is 17.6. The van der Waals surface area contributed by atoms with Crippen LogP contribution in [-0.2, 0) is 0 Å². The average molecular weight is 262 g/mol. The lowest BCUT2D eigenvalue weighted by Crippen LogP contribution is -2.35. The number of pyridine rings is 1. The Hall–Kier alpha value is -1.78. The van der Waals surface area contributed by atoms with Crippen LogP contribution >= 0.6 is 0 Å². The van der Waals surface area contributed by atoms with Crippen molar-refractivity contribution in [3.8, 4) is 0 Å². The second-order valence-electron chi connectivity index (χ2n) is 5.19. The van der Waals surface area contributed by atoms with E-state index in [1.165, 1.54) is 12.8 Å². The second kappa shape index (κ2) is 5.91. The Balaban J connectivity index is 2.10. The third-order valence-corrected chi connectivity index (χ3v) is 3.77. The van der Waals surface area contributed by atoms with Crippen LogP contribution in [0.15, 0.2) is 12.1 Å². The van der Waals surface area contributed by atoms with Crippen molar-refractivity contribution in [3.63, 3.8) is 0 Å². The molecule has 0 spiro atoms. The topological polar surface area (TPSA) is 85.2 Å². The Morgan fingerprint density at radius 3 is 2.68 bits per heavy atom. The molecule has 1 fully saturated rings. The monoisotopic (exact) mass is 262 g/mol. The molecular weight excluding hydrogens is 240 g/mol. The van der Waals surface area contributed by atoms with Gasteiger partial charge in [-0.15, -0.1) is 0 Å². The van der Waals surface area contributed by atoms with Gasteiger partial charge in [-0.3, -0.25) is 4.79 Å². The molecule has 1 aliphatic rings. The summed E-state index contributed by atoms with van der Waals surface area (Å²) in [5.74, 6) is 0.996. The minimum Gasteiger partial charge on any atom is -0.396 e. The molecule has 0 radical (unpaired) electrons. The largest absolute Gasteiger partial charge is 0.396 e. The number of primary amides is 1. The first-order valence-electron chi connectivity index (χ1n) is 6.93. The van der Waals surface area contributed by atoms with Gasteiger partial charge >= 0.3 is 0 Å². The van der Waals surface area contributed by atoms with Crippen molar-refractivity contribution in [2.24, 2.45) is 11.7 Å². The number of rotatable bonds is 4. The number of hydrogen-bond donors (Lipinski definition) is 2. The molecule has 1 aliphatic heterocycles. The first-order valence-corrected chi connectivity index (χ1v) is 6.93. The lowest BCUT2D eigenvalue weighted by Gasteiger charge is -2.33. The van der Waals surface area contributed by atoms with Crippen LogP contribution in [0, 0.1) is 5.92 Å². The number of hydrogen-bond acceptors (Lipinski definition) is 4. The number of piperidine rings is 1. The lowest BCUT2D eigenvalue weighted by molar-refractivity contribution is 0.0995. The molecule has 0 aromatic carbocycles. The highest BCUT2D eigenvalue weighted by atomic mass is 16.1. The van der Waals surface area contributed by atoms with Crippen molar-refractivity contribution >= 4 is 17.4 Å². The molecule has 19 heavy (non-hydrogen) atoms. The maximum Gasteiger partial charge on any atom is 0.267 e. The van der Waals surface area contributed by atoms with E-state index in [1.54, 1.807) is 12.1 Å². The van der Waals surface area contributed by atoms with Gasteiger partial charge in [0.15, 0.2) is 5.82 Å². The molecule has 104 valence electrons. The number of nitrogens with zero attached hydrogens (tertiary/aromatic N) is 2. The maximum absolute atomic E-state index is 11.2. The molecule has 1 aromatic rings. The van der Waals surface area contributed by atoms with E-state index in [0.29, 0.717) is 11.5 Å². The fraction of sp³-hybridized carbons (Fsp3) is 0.571. The van der Waals surface area contributed by atoms with Crippen molar-refractivity contribution in [1.29, 1.82) is 0 Å². The molecule has 0 saturated carbocycles. The van der Waals surface area contributed by atoms with Gasteiger partial charge in [-0.1, -0.05) is 19.8 Å². The zero-order valence-electron chi connectivity index (χ0n) is 11.4. The van der Waals surface area contributed by atoms with Gasteiger partial charge < -0.3 is 16.4 Å². The van der Waals surface area contributed by atoms with E-state index < -0.39 is 5.91 Å². The first kappa shape index (κ1) is 13.6. The third kappa shape index (κ3) is 3.16. The fourth-order valence-electron chi connectivity index (χ4n) is 2.69. The Bertz CT molecular complexity index is 453. The lowest BCUT2D eigenvalue weighted by atomic mass is 9.92. The van der Waals surface area contributed by atoms with E-state index in [1.807, 2.05) is 0 Å². The zero-order chi connectivity index (χ0) is 13.8. The zero-order valence-corrected chi connectivity index (χ0v) is 11.4. The van der Waals surface area contributed by atoms with Gasteiger partial charge in [0.05, 0.1) is 5.69 Å². The predicted molar refractivity (Wildman–Crippen MR) is 77.0 cm³/mol. The Morgan fingerprint density at radius 2 is 2.11 bits per heavy atom. The van der Waals surface area contributed by atoms with Crippen LogP contribution in [0.25, 0.3) is 0 Å². The van der Waals surface area contributed by atoms with E-state index in [-0.39, 0.29) is 5.69 Å². The highest BCUT2D eigenvalue weighted by Crippen LogP contribution is 2.28. The molecule has 0 bridgehead atoms. The van der Waals surface area contributed by atoms with Crippen molar-refractivity contribution < 1.29 is 4.79 Å². The molecule has 0 atom stereocenters. The van der Waals surface area contributed by atoms with Crippen molar-refractivity contribution in [3.05, 3.63) is 17.8 Å². The number of carbonyl (C=O) groups is 1. The van der Waals surface area contributed by atoms with E-state index in [9.17, 15) is 4.79 Å². The minimum absolute atomic E-state index is 0.278. The predicted octanol–water partition coefficient (Wildman–Crippen LogP) is 1.78. The summed E-state index contributed by atoms with van der Waals surface area (Å²) >= 11 is 0. The summed E-state index contributed by atoms with van der Waals surface area (Å²) in [6.07, 6.45) is 4.85. The summed E-state index contributed by atoms with van der Waals surface area (Å²) < 4.78 is 0. The highest BCUT2D eigenvalue weighted by molar-refractivity contribution is 5.91. The second-order valence-corrected chi connectivity index (χ2v) is 5.19. The third-order valence-electron chi connectivity index (χ3n) is 3.77. The number of nitrogens with two attached hydrogens (primary N) is 2. The number of aromatic nitrogens is 1. The molecule has 2 heterocycles. The van der Waals surface area contributed by atoms with Crippen LogP contribution in [0.1, 0.15) is 43.1 Å². The standard InChI is InChI=1S/C14H22N4O/c1-2-3-10-6-8-18(9-7-10)14-11(15)4-5-12(17-14)13(16)19/h4-5,10H,2-3,6-9,15H2,1H3,(H2,16,19). The average Bonchev–Trinajstić information content (AvgIpc) is 2.40. The molecular formula is C14H22N4O. The Morgan fingerprint density at radius 1 is 1.42 bits per heavy atom. The number of anilines is 2. The van der Waals surface area contributed by atoms with Crippen LogP contribution in [-0.4, -0.2) is 24.0 Å². The Kier molecular flexibility index (Phi) is 4.24. The number of carbonyl (C=O) groups excluding carboxylic acids is 1. The van der Waals surface area contributed by atoms with Gasteiger partial charge in [0.2, 0.25) is 0 Å². The molecule has 2 rings (SSSR count). The molecule has 1 saturated heterocycles. The number of amides is 1. The van der Waals surface area contributed by atoms with Crippen molar-refractivity contribution in [2.45, 2.75) is 32.6 Å². The molecule has 0 unspecified atom stereocenters. The minimum atomic E-state index is -0.512. The van der Waals surface area contributed by atoms with E-state index >= 15 is 0 Å². The van der Waals surface area contributed by atoms with Gasteiger partial charge in [0, 0.05) is 13.1 Å². The SMILES string of the molecule is CCCC1CCN(c2nc(C(N)=O)ccc2N)CC1. The maximum atomic E-state index is 11.2. The highest BCUT2D eigenvalue weighted by Gasteiger charge is 2.21. The smallest absolute Gasteiger partial charge is 0.267 e. The van der Waals surface area contributed by atoms with Crippen molar-refractivity contribution in [1.82, 2.24) is 4.98 Å². The van der Waals surface area contributed by atoms with Gasteiger partial charge in [0.25, 0.3) is 5.91 Å². The summed E-state index contributed by atoms with van der Waals surface area (Å²) in [6.45, 7) is 4.12. The molecule has 5 nitrogen and oxygen atoms in total. The van der Waals surface area contributed by atoms with Crippen LogP contribution in [0.4, 0.5) is 11.5 Å². The van der Waals surface area contributed by atoms with Gasteiger partial charge in [-0.25, -0.2) is 4.98 Å². The van der Waals surface area contributed by atoms with Gasteiger partial charge in [0.1, 0.15) is 5.69 Å². The number of nitrogen functional groups attached to an aromatic ring is 1. The normalized spacial score (nSPS) is 16.6. The molecule has 4 N–H and O–H groups in total. The Labute approximate surface area is 114 Å². The summed E-state index contributed by atoms with van der Waals surface area (Å²) in [7, 11) is 0. The van der Waals surface area contributed by atoms with Crippen molar-refractivity contribution in [2.75, 3.05) is 23.7 Å². The fourth-order valence-corrected chi connectivity index (χ4v) is 2.69. The summed E-state index contributed by atoms with van der Waals surface area (Å²) in [6, 6.07) is 3.28. The molecule has 1 amide bonds. The molecule has 1 aromatic heterocycles. The summed E-state index contributed by atoms with van der Waals surface area (Å²) in [5.41, 5.74) is 12.1. The summed E-state index contributed by atoms with van der Waals surface area (Å²) in [5, 5.41) is 0. The van der Waals surface area contributed by atoms with Crippen LogP contribution < -0.4 is 16.4 Å². The quantitative estimate of drug-likeness (QED) is 0.866. The molecule has 5 heteroatoms. The van der Waals surface area contributed by atoms with Crippen LogP contribution in [0.3, 0.4) is 0 Å². The van der Waals surface area contributed by atoms with Gasteiger partial charge in [-0.2, -0.15) is 0 Å². The van der Waals surface area contributed by atoms with Crippen LogP contribution in [0.5, 0.6) is 0 Å². The van der Waals surface area contributed by atoms with E-state index in [0.717, 1.165) is 31.8 Å². The van der Waals surface area contributed by atoms with E-state index in [4.69, 9.17) is 11.5 Å².